The Bertz CT molecular complexity index is 721. The lowest BCUT2D eigenvalue weighted by Gasteiger charge is -2.50. The van der Waals surface area contributed by atoms with E-state index >= 15 is 0 Å². The van der Waals surface area contributed by atoms with E-state index in [4.69, 9.17) is 4.74 Å². The number of likely N-dealkylation sites (tertiary alicyclic amines) is 1. The Morgan fingerprint density at radius 1 is 1.52 bits per heavy atom. The topological polar surface area (TPSA) is 59.4 Å². The third-order valence-electron chi connectivity index (χ3n) is 5.34. The first-order chi connectivity index (χ1) is 12.2. The Morgan fingerprint density at radius 2 is 2.40 bits per heavy atom. The molecule has 4 heterocycles. The summed E-state index contributed by atoms with van der Waals surface area (Å²) in [4.78, 5) is 20.1. The molecule has 2 fully saturated rings. The van der Waals surface area contributed by atoms with Gasteiger partial charge in [-0.05, 0) is 30.2 Å². The average molecular weight is 360 g/mol. The zero-order chi connectivity index (χ0) is 17.3. The monoisotopic (exact) mass is 360 g/mol. The van der Waals surface area contributed by atoms with Gasteiger partial charge in [-0.15, -0.1) is 11.3 Å². The van der Waals surface area contributed by atoms with Crippen molar-refractivity contribution < 1.29 is 9.53 Å². The van der Waals surface area contributed by atoms with Crippen LogP contribution in [-0.4, -0.2) is 52.2 Å². The quantitative estimate of drug-likeness (QED) is 0.855. The van der Waals surface area contributed by atoms with Gasteiger partial charge in [0.15, 0.2) is 5.82 Å². The third-order valence-corrected chi connectivity index (χ3v) is 6.21. The Labute approximate surface area is 151 Å². The minimum absolute atomic E-state index is 0.00517. The van der Waals surface area contributed by atoms with Crippen molar-refractivity contribution in [2.45, 2.75) is 25.0 Å². The van der Waals surface area contributed by atoms with Gasteiger partial charge in [-0.1, -0.05) is 6.07 Å². The number of ether oxygens (including phenoxy) is 1. The number of aromatic nitrogens is 2. The second kappa shape index (κ2) is 6.90. The van der Waals surface area contributed by atoms with E-state index in [0.717, 1.165) is 39.1 Å². The molecule has 2 aliphatic rings. The van der Waals surface area contributed by atoms with Crippen LogP contribution in [0.1, 0.15) is 28.3 Å². The van der Waals surface area contributed by atoms with Crippen molar-refractivity contribution in [1.29, 1.82) is 0 Å². The van der Waals surface area contributed by atoms with Crippen LogP contribution in [-0.2, 0) is 18.3 Å². The molecule has 2 aromatic rings. The number of aryl methyl sites for hydroxylation is 1. The first kappa shape index (κ1) is 16.8. The van der Waals surface area contributed by atoms with E-state index in [1.807, 2.05) is 18.4 Å². The maximum atomic E-state index is 12.1. The fourth-order valence-corrected chi connectivity index (χ4v) is 4.76. The summed E-state index contributed by atoms with van der Waals surface area (Å²) in [5, 5.41) is 5.13. The van der Waals surface area contributed by atoms with Crippen molar-refractivity contribution >= 4 is 17.2 Å². The van der Waals surface area contributed by atoms with Crippen LogP contribution in [0.15, 0.2) is 29.9 Å². The molecule has 134 valence electrons. The van der Waals surface area contributed by atoms with Crippen LogP contribution < -0.4 is 5.32 Å². The van der Waals surface area contributed by atoms with Crippen molar-refractivity contribution in [3.8, 4) is 0 Å². The Kier molecular flexibility index (Phi) is 4.62. The molecule has 0 radical (unpaired) electrons. The molecule has 6 nitrogen and oxygen atoms in total. The molecule has 1 unspecified atom stereocenters. The van der Waals surface area contributed by atoms with E-state index < -0.39 is 0 Å². The van der Waals surface area contributed by atoms with Gasteiger partial charge in [-0.2, -0.15) is 0 Å². The maximum absolute atomic E-state index is 12.1. The number of hydrogen-bond donors (Lipinski definition) is 1. The minimum atomic E-state index is -0.103. The van der Waals surface area contributed by atoms with Gasteiger partial charge in [0.05, 0.1) is 5.60 Å². The molecule has 1 N–H and O–H groups in total. The average Bonchev–Trinajstić information content (AvgIpc) is 3.28. The van der Waals surface area contributed by atoms with E-state index in [2.05, 4.69) is 32.7 Å². The summed E-state index contributed by atoms with van der Waals surface area (Å²) >= 11 is 1.81. The molecule has 25 heavy (non-hydrogen) atoms. The summed E-state index contributed by atoms with van der Waals surface area (Å²) in [6.07, 6.45) is 5.48. The van der Waals surface area contributed by atoms with Crippen LogP contribution in [0.3, 0.4) is 0 Å². The summed E-state index contributed by atoms with van der Waals surface area (Å²) in [5.41, 5.74) is 0.00517. The van der Waals surface area contributed by atoms with Gasteiger partial charge in [-0.3, -0.25) is 9.69 Å². The lowest BCUT2D eigenvalue weighted by atomic mass is 9.79. The van der Waals surface area contributed by atoms with Crippen molar-refractivity contribution in [2.24, 2.45) is 13.0 Å². The van der Waals surface area contributed by atoms with Crippen molar-refractivity contribution in [3.05, 3.63) is 40.6 Å². The smallest absolute Gasteiger partial charge is 0.287 e. The van der Waals surface area contributed by atoms with E-state index in [0.29, 0.717) is 18.3 Å². The summed E-state index contributed by atoms with van der Waals surface area (Å²) in [7, 11) is 1.83. The Balaban J connectivity index is 1.25. The molecule has 7 heteroatoms. The van der Waals surface area contributed by atoms with Gasteiger partial charge in [-0.25, -0.2) is 4.98 Å². The summed E-state index contributed by atoms with van der Waals surface area (Å²) in [6.45, 7) is 4.54. The lowest BCUT2D eigenvalue weighted by molar-refractivity contribution is -0.136. The second-order valence-corrected chi connectivity index (χ2v) is 8.06. The highest BCUT2D eigenvalue weighted by atomic mass is 32.1. The SMILES string of the molecule is Cn1ccnc1C(=O)NCCC1CCOC12CN(Cc1cccs1)C2. The molecule has 2 aliphatic heterocycles. The van der Waals surface area contributed by atoms with Crippen LogP contribution >= 0.6 is 11.3 Å². The van der Waals surface area contributed by atoms with Gasteiger partial charge in [0.25, 0.3) is 5.91 Å². The second-order valence-electron chi connectivity index (χ2n) is 7.03. The van der Waals surface area contributed by atoms with E-state index in [1.165, 1.54) is 4.88 Å². The normalized spacial score (nSPS) is 22.2. The summed E-state index contributed by atoms with van der Waals surface area (Å²) in [5.74, 6) is 0.880. The standard InChI is InChI=1S/C18H24N4O2S/c1-21-8-7-19-16(21)17(23)20-6-4-14-5-9-24-18(14)12-22(13-18)11-15-3-2-10-25-15/h2-3,7-8,10,14H,4-6,9,11-13H2,1H3,(H,20,23). The minimum Gasteiger partial charge on any atom is -0.372 e. The van der Waals surface area contributed by atoms with Crippen LogP contribution in [0.2, 0.25) is 0 Å². The molecule has 0 aliphatic carbocycles. The zero-order valence-corrected chi connectivity index (χ0v) is 15.3. The summed E-state index contributed by atoms with van der Waals surface area (Å²) in [6, 6.07) is 4.30. The fraction of sp³-hybridized carbons (Fsp3) is 0.556. The third kappa shape index (κ3) is 3.36. The molecule has 0 bridgehead atoms. The molecule has 1 spiro atoms. The predicted octanol–water partition coefficient (Wildman–Crippen LogP) is 1.89. The summed E-state index contributed by atoms with van der Waals surface area (Å²) < 4.78 is 7.86. The number of nitrogens with zero attached hydrogens (tertiary/aromatic N) is 3. The van der Waals surface area contributed by atoms with Gasteiger partial charge in [0.1, 0.15) is 0 Å². The lowest BCUT2D eigenvalue weighted by Crippen LogP contribution is -2.64. The van der Waals surface area contributed by atoms with Gasteiger partial charge in [0, 0.05) is 57.1 Å². The van der Waals surface area contributed by atoms with Crippen LogP contribution in [0.5, 0.6) is 0 Å². The van der Waals surface area contributed by atoms with E-state index in [1.54, 1.807) is 17.0 Å². The number of amides is 1. The Hall–Kier alpha value is -1.70. The first-order valence-electron chi connectivity index (χ1n) is 8.80. The maximum Gasteiger partial charge on any atom is 0.287 e. The molecule has 2 aromatic heterocycles. The number of imidazole rings is 1. The van der Waals surface area contributed by atoms with Gasteiger partial charge in [0.2, 0.25) is 0 Å². The first-order valence-corrected chi connectivity index (χ1v) is 9.68. The highest BCUT2D eigenvalue weighted by Crippen LogP contribution is 2.42. The highest BCUT2D eigenvalue weighted by molar-refractivity contribution is 7.09. The zero-order valence-electron chi connectivity index (χ0n) is 14.5. The van der Waals surface area contributed by atoms with Crippen LogP contribution in [0.25, 0.3) is 0 Å². The number of carbonyl (C=O) groups excluding carboxylic acids is 1. The molecule has 4 rings (SSSR count). The van der Waals surface area contributed by atoms with Crippen LogP contribution in [0, 0.1) is 5.92 Å². The number of rotatable bonds is 6. The predicted molar refractivity (Wildman–Crippen MR) is 96.5 cm³/mol. The largest absolute Gasteiger partial charge is 0.372 e. The molecular weight excluding hydrogens is 336 g/mol. The van der Waals surface area contributed by atoms with Gasteiger partial charge < -0.3 is 14.6 Å². The number of nitrogens with one attached hydrogen (secondary N) is 1. The molecule has 0 aromatic carbocycles. The van der Waals surface area contributed by atoms with E-state index in [-0.39, 0.29) is 11.5 Å². The van der Waals surface area contributed by atoms with Crippen molar-refractivity contribution in [3.63, 3.8) is 0 Å². The van der Waals surface area contributed by atoms with E-state index in [9.17, 15) is 4.79 Å². The fourth-order valence-electron chi connectivity index (χ4n) is 4.01. The Morgan fingerprint density at radius 3 is 3.12 bits per heavy atom. The molecule has 1 amide bonds. The highest BCUT2D eigenvalue weighted by Gasteiger charge is 2.52. The molecule has 0 saturated carbocycles. The van der Waals surface area contributed by atoms with Crippen LogP contribution in [0.4, 0.5) is 0 Å². The van der Waals surface area contributed by atoms with Gasteiger partial charge >= 0.3 is 0 Å². The molecular formula is C18H24N4O2S. The van der Waals surface area contributed by atoms with Crippen molar-refractivity contribution in [1.82, 2.24) is 19.8 Å². The number of thiophene rings is 1. The molecule has 1 atom stereocenters. The number of carbonyl (C=O) groups is 1. The van der Waals surface area contributed by atoms with Crippen molar-refractivity contribution in [2.75, 3.05) is 26.2 Å². The number of hydrogen-bond acceptors (Lipinski definition) is 5. The molecule has 2 saturated heterocycles.